The molecule has 0 aliphatic carbocycles. The van der Waals surface area contributed by atoms with Crippen LogP contribution in [0.1, 0.15) is 13.3 Å². The highest BCUT2D eigenvalue weighted by Gasteiger charge is 2.24. The number of carboxylic acid groups (broad SMARTS) is 3. The van der Waals surface area contributed by atoms with Gasteiger partial charge in [0.05, 0.1) is 19.8 Å². The summed E-state index contributed by atoms with van der Waals surface area (Å²) in [6.45, 7) is 10.2. The first-order chi connectivity index (χ1) is 12.1. The smallest absolute Gasteiger partial charge is 0.327 e. The van der Waals surface area contributed by atoms with E-state index in [2.05, 4.69) is 19.7 Å². The number of carboxylic acids is 3. The molecule has 0 atom stereocenters. The maximum atomic E-state index is 9.25. The highest BCUT2D eigenvalue weighted by atomic mass is 16.4. The van der Waals surface area contributed by atoms with Gasteiger partial charge in [0.2, 0.25) is 0 Å². The average molecular weight is 382 g/mol. The summed E-state index contributed by atoms with van der Waals surface area (Å²) in [5.41, 5.74) is -0.667. The van der Waals surface area contributed by atoms with Gasteiger partial charge in [0, 0.05) is 30.8 Å². The molecule has 0 spiro atoms. The molecule has 26 heavy (non-hydrogen) atoms. The lowest BCUT2D eigenvalue weighted by atomic mass is 9.88. The molecule has 0 unspecified atom stereocenters. The largest absolute Gasteiger partial charge is 0.478 e. The topological polar surface area (TPSA) is 193 Å². The zero-order valence-electron chi connectivity index (χ0n) is 15.0. The second-order valence-electron chi connectivity index (χ2n) is 3.95. The summed E-state index contributed by atoms with van der Waals surface area (Å²) in [6, 6.07) is 0. The number of aliphatic hydroxyl groups excluding tert-OH is 4. The predicted molar refractivity (Wildman–Crippen MR) is 95.6 cm³/mol. The van der Waals surface area contributed by atoms with Crippen LogP contribution in [0.2, 0.25) is 0 Å². The van der Waals surface area contributed by atoms with Gasteiger partial charge in [-0.2, -0.15) is 0 Å². The third kappa shape index (κ3) is 37.6. The van der Waals surface area contributed by atoms with Crippen LogP contribution in [0.25, 0.3) is 0 Å². The monoisotopic (exact) mass is 382 g/mol. The van der Waals surface area contributed by atoms with Gasteiger partial charge in [-0.3, -0.25) is 0 Å². The molecule has 0 saturated carbocycles. The van der Waals surface area contributed by atoms with E-state index in [1.807, 2.05) is 6.92 Å². The number of carbonyl (C=O) groups is 3. The molecular formula is C16H30O10. The van der Waals surface area contributed by atoms with Crippen molar-refractivity contribution in [2.24, 2.45) is 5.41 Å². The predicted octanol–water partition coefficient (Wildman–Crippen LogP) is -0.261. The molecule has 0 aliphatic heterocycles. The maximum Gasteiger partial charge on any atom is 0.327 e. The molecule has 0 aliphatic rings. The second kappa shape index (κ2) is 27.3. The molecule has 0 rings (SSSR count). The van der Waals surface area contributed by atoms with Gasteiger partial charge in [-0.05, 0) is 6.42 Å². The third-order valence-corrected chi connectivity index (χ3v) is 2.28. The molecule has 0 aromatic heterocycles. The number of aliphatic hydroxyl groups is 4. The Morgan fingerprint density at radius 1 is 0.731 bits per heavy atom. The lowest BCUT2D eigenvalue weighted by Gasteiger charge is -2.24. The zero-order chi connectivity index (χ0) is 22.2. The summed E-state index contributed by atoms with van der Waals surface area (Å²) >= 11 is 0. The fourth-order valence-electron chi connectivity index (χ4n) is 0.485. The van der Waals surface area contributed by atoms with Crippen molar-refractivity contribution in [2.75, 3.05) is 26.9 Å². The zero-order valence-corrected chi connectivity index (χ0v) is 15.0. The van der Waals surface area contributed by atoms with Crippen LogP contribution in [0, 0.1) is 5.41 Å². The molecule has 0 saturated heterocycles. The Morgan fingerprint density at radius 2 is 0.885 bits per heavy atom. The normalized spacial score (nSPS) is 8.08. The van der Waals surface area contributed by atoms with Gasteiger partial charge in [-0.1, -0.05) is 26.7 Å². The fraction of sp³-hybridized carbons (Fsp3) is 0.438. The van der Waals surface area contributed by atoms with Gasteiger partial charge in [-0.25, -0.2) is 14.4 Å². The van der Waals surface area contributed by atoms with Crippen molar-refractivity contribution in [1.82, 2.24) is 0 Å². The van der Waals surface area contributed by atoms with Crippen molar-refractivity contribution in [3.63, 3.8) is 0 Å². The Hall–Kier alpha value is -2.53. The van der Waals surface area contributed by atoms with Crippen molar-refractivity contribution in [2.45, 2.75) is 13.3 Å². The Kier molecular flexibility index (Phi) is 36.5. The van der Waals surface area contributed by atoms with Crippen LogP contribution < -0.4 is 0 Å². The SMILES string of the molecule is C=CC(=O)O.C=CC(=O)O.C=CC(=O)O.CCC(CO)(CO)CO.CO. The average Bonchev–Trinajstić information content (AvgIpc) is 2.67. The molecule has 0 aromatic carbocycles. The summed E-state index contributed by atoms with van der Waals surface area (Å²) < 4.78 is 0. The minimum absolute atomic E-state index is 0.156. The molecule has 0 amide bonds. The number of hydrogen-bond donors (Lipinski definition) is 7. The van der Waals surface area contributed by atoms with Gasteiger partial charge >= 0.3 is 17.9 Å². The van der Waals surface area contributed by atoms with Gasteiger partial charge in [0.15, 0.2) is 0 Å². The molecule has 7 N–H and O–H groups in total. The van der Waals surface area contributed by atoms with Gasteiger partial charge < -0.3 is 35.7 Å². The van der Waals surface area contributed by atoms with Crippen LogP contribution in [0.4, 0.5) is 0 Å². The van der Waals surface area contributed by atoms with E-state index in [9.17, 15) is 14.4 Å². The lowest BCUT2D eigenvalue weighted by molar-refractivity contribution is -0.132. The van der Waals surface area contributed by atoms with Crippen molar-refractivity contribution >= 4 is 17.9 Å². The molecule has 0 bridgehead atoms. The first-order valence-corrected chi connectivity index (χ1v) is 6.89. The van der Waals surface area contributed by atoms with Crippen LogP contribution >= 0.6 is 0 Å². The van der Waals surface area contributed by atoms with Gasteiger partial charge in [0.1, 0.15) is 0 Å². The minimum Gasteiger partial charge on any atom is -0.478 e. The van der Waals surface area contributed by atoms with Crippen molar-refractivity contribution in [3.05, 3.63) is 38.0 Å². The minimum atomic E-state index is -0.981. The summed E-state index contributed by atoms with van der Waals surface area (Å²) in [5.74, 6) is -2.94. The highest BCUT2D eigenvalue weighted by molar-refractivity contribution is 5.79. The van der Waals surface area contributed by atoms with Gasteiger partial charge in [0.25, 0.3) is 0 Å². The maximum absolute atomic E-state index is 9.25. The quantitative estimate of drug-likeness (QED) is 0.288. The van der Waals surface area contributed by atoms with Crippen LogP contribution in [-0.4, -0.2) is 80.6 Å². The third-order valence-electron chi connectivity index (χ3n) is 2.28. The van der Waals surface area contributed by atoms with Crippen LogP contribution in [0.3, 0.4) is 0 Å². The number of rotatable bonds is 7. The van der Waals surface area contributed by atoms with Crippen molar-refractivity contribution in [3.8, 4) is 0 Å². The molecule has 10 nitrogen and oxygen atoms in total. The Bertz CT molecular complexity index is 326. The molecule has 0 heterocycles. The highest BCUT2D eigenvalue weighted by Crippen LogP contribution is 2.18. The summed E-state index contributed by atoms with van der Waals surface area (Å²) in [4.78, 5) is 27.8. The van der Waals surface area contributed by atoms with E-state index >= 15 is 0 Å². The first kappa shape index (κ1) is 34.7. The molecule has 0 radical (unpaired) electrons. The molecule has 10 heteroatoms. The van der Waals surface area contributed by atoms with E-state index in [-0.39, 0.29) is 19.8 Å². The van der Waals surface area contributed by atoms with Crippen molar-refractivity contribution in [1.29, 1.82) is 0 Å². The first-order valence-electron chi connectivity index (χ1n) is 6.89. The van der Waals surface area contributed by atoms with E-state index in [0.717, 1.165) is 25.3 Å². The molecular weight excluding hydrogens is 352 g/mol. The van der Waals surface area contributed by atoms with E-state index < -0.39 is 23.3 Å². The molecule has 0 fully saturated rings. The second-order valence-corrected chi connectivity index (χ2v) is 3.95. The summed E-state index contributed by atoms with van der Waals surface area (Å²) in [5, 5.41) is 55.8. The Labute approximate surface area is 152 Å². The van der Waals surface area contributed by atoms with Crippen LogP contribution in [-0.2, 0) is 14.4 Å². The Balaban J connectivity index is -0.0000000759. The van der Waals surface area contributed by atoms with E-state index in [4.69, 9.17) is 35.7 Å². The van der Waals surface area contributed by atoms with E-state index in [1.165, 1.54) is 0 Å². The van der Waals surface area contributed by atoms with E-state index in [0.29, 0.717) is 6.42 Å². The lowest BCUT2D eigenvalue weighted by Crippen LogP contribution is -2.32. The standard InChI is InChI=1S/C6H14O3.3C3H4O2.CH4O/c1-2-6(3-7,4-8)5-9;3*1-2-3(4)5;1-2/h7-9H,2-5H2,1H3;3*2H,1H2,(H,4,5);2H,1H3. The van der Waals surface area contributed by atoms with Gasteiger partial charge in [-0.15, -0.1) is 0 Å². The molecule has 154 valence electrons. The van der Waals surface area contributed by atoms with Crippen LogP contribution in [0.5, 0.6) is 0 Å². The van der Waals surface area contributed by atoms with Crippen LogP contribution in [0.15, 0.2) is 38.0 Å². The summed E-state index contributed by atoms with van der Waals surface area (Å²) in [7, 11) is 1.00. The van der Waals surface area contributed by atoms with Crippen molar-refractivity contribution < 1.29 is 50.1 Å². The fourth-order valence-corrected chi connectivity index (χ4v) is 0.485. The summed E-state index contributed by atoms with van der Waals surface area (Å²) in [6.07, 6.45) is 3.09. The molecule has 0 aromatic rings. The number of aliphatic carboxylic acids is 3. The Morgan fingerprint density at radius 3 is 0.885 bits per heavy atom. The van der Waals surface area contributed by atoms with E-state index in [1.54, 1.807) is 0 Å². The number of hydrogen-bond acceptors (Lipinski definition) is 7.